The molecule has 0 spiro atoms. The molecule has 0 aromatic carbocycles. The molecular weight excluding hydrogens is 255 g/mol. The summed E-state index contributed by atoms with van der Waals surface area (Å²) in [5, 5.41) is 5.70. The van der Waals surface area contributed by atoms with E-state index in [0.717, 1.165) is 48.1 Å². The molecule has 1 atom stereocenters. The van der Waals surface area contributed by atoms with E-state index in [1.807, 2.05) is 4.68 Å². The number of aryl methyl sites for hydroxylation is 2. The second-order valence-corrected chi connectivity index (χ2v) is 5.71. The molecule has 2 nitrogen and oxygen atoms in total. The lowest BCUT2D eigenvalue weighted by molar-refractivity contribution is 0.587. The Kier molecular flexibility index (Phi) is 4.37. The van der Waals surface area contributed by atoms with Crippen molar-refractivity contribution < 1.29 is 0 Å². The zero-order chi connectivity index (χ0) is 12.4. The van der Waals surface area contributed by atoms with Crippen molar-refractivity contribution in [1.29, 1.82) is 0 Å². The molecule has 1 aliphatic carbocycles. The Labute approximate surface area is 113 Å². The molecule has 0 bridgehead atoms. The number of hydrogen-bond donors (Lipinski definition) is 0. The third-order valence-corrected chi connectivity index (χ3v) is 4.50. The number of rotatable bonds is 6. The monoisotopic (exact) mass is 274 g/mol. The van der Waals surface area contributed by atoms with Gasteiger partial charge in [-0.1, -0.05) is 18.5 Å². The fourth-order valence-corrected chi connectivity index (χ4v) is 2.95. The molecule has 0 aliphatic heterocycles. The van der Waals surface area contributed by atoms with Gasteiger partial charge in [-0.15, -0.1) is 11.6 Å². The van der Waals surface area contributed by atoms with Gasteiger partial charge in [0.15, 0.2) is 0 Å². The maximum absolute atomic E-state index is 6.36. The van der Waals surface area contributed by atoms with Crippen molar-refractivity contribution in [2.45, 2.75) is 57.9 Å². The highest BCUT2D eigenvalue weighted by molar-refractivity contribution is 6.31. The van der Waals surface area contributed by atoms with Gasteiger partial charge in [0.1, 0.15) is 0 Å². The molecule has 1 saturated carbocycles. The van der Waals surface area contributed by atoms with Crippen molar-refractivity contribution in [3.05, 3.63) is 16.4 Å². The van der Waals surface area contributed by atoms with E-state index in [1.165, 1.54) is 12.8 Å². The Morgan fingerprint density at radius 2 is 2.12 bits per heavy atom. The second-order valence-electron chi connectivity index (χ2n) is 4.77. The predicted molar refractivity (Wildman–Crippen MR) is 73.0 cm³/mol. The van der Waals surface area contributed by atoms with E-state index in [-0.39, 0.29) is 0 Å². The Morgan fingerprint density at radius 1 is 1.41 bits per heavy atom. The quantitative estimate of drug-likeness (QED) is 0.716. The Bertz CT molecular complexity index is 383. The molecule has 0 saturated heterocycles. The van der Waals surface area contributed by atoms with Gasteiger partial charge in [0.25, 0.3) is 0 Å². The van der Waals surface area contributed by atoms with Crippen LogP contribution in [0.5, 0.6) is 0 Å². The van der Waals surface area contributed by atoms with Crippen molar-refractivity contribution in [2.24, 2.45) is 5.92 Å². The van der Waals surface area contributed by atoms with E-state index >= 15 is 0 Å². The predicted octanol–water partition coefficient (Wildman–Crippen LogP) is 4.07. The number of halogens is 2. The second kappa shape index (κ2) is 5.62. The number of alkyl halides is 1. The molecule has 1 fully saturated rings. The first-order valence-electron chi connectivity index (χ1n) is 6.55. The molecule has 0 N–H and O–H groups in total. The fourth-order valence-electron chi connectivity index (χ4n) is 2.22. The van der Waals surface area contributed by atoms with Crippen LogP contribution in [0.25, 0.3) is 0 Å². The standard InChI is InChI=1S/C13H20Cl2N2/c1-3-11-13(15)12(17(4-2)16-11)8-7-10(14)9-5-6-9/h9-10H,3-8H2,1-2H3. The molecule has 1 heterocycles. The number of hydrogen-bond acceptors (Lipinski definition) is 1. The van der Waals surface area contributed by atoms with Crippen molar-refractivity contribution in [1.82, 2.24) is 9.78 Å². The normalized spacial score (nSPS) is 17.4. The van der Waals surface area contributed by atoms with Gasteiger partial charge >= 0.3 is 0 Å². The topological polar surface area (TPSA) is 17.8 Å². The maximum Gasteiger partial charge on any atom is 0.0849 e. The highest BCUT2D eigenvalue weighted by Gasteiger charge is 2.29. The summed E-state index contributed by atoms with van der Waals surface area (Å²) in [4.78, 5) is 0. The largest absolute Gasteiger partial charge is 0.268 e. The highest BCUT2D eigenvalue weighted by Crippen LogP contribution is 2.38. The van der Waals surface area contributed by atoms with E-state index < -0.39 is 0 Å². The molecule has 0 radical (unpaired) electrons. The molecule has 96 valence electrons. The van der Waals surface area contributed by atoms with Gasteiger partial charge in [-0.05, 0) is 44.9 Å². The minimum Gasteiger partial charge on any atom is -0.268 e. The van der Waals surface area contributed by atoms with Crippen molar-refractivity contribution in [3.63, 3.8) is 0 Å². The molecule has 1 aromatic rings. The van der Waals surface area contributed by atoms with Gasteiger partial charge in [-0.3, -0.25) is 4.68 Å². The minimum atomic E-state index is 0.316. The van der Waals surface area contributed by atoms with Crippen LogP contribution in [0.1, 0.15) is 44.5 Å². The van der Waals surface area contributed by atoms with Crippen LogP contribution in [0, 0.1) is 5.92 Å². The molecule has 1 aromatic heterocycles. The third-order valence-electron chi connectivity index (χ3n) is 3.48. The lowest BCUT2D eigenvalue weighted by Crippen LogP contribution is -2.08. The third kappa shape index (κ3) is 2.97. The fraction of sp³-hybridized carbons (Fsp3) is 0.769. The zero-order valence-corrected chi connectivity index (χ0v) is 12.1. The smallest absolute Gasteiger partial charge is 0.0849 e. The van der Waals surface area contributed by atoms with Crippen LogP contribution < -0.4 is 0 Å². The summed E-state index contributed by atoms with van der Waals surface area (Å²) in [6.07, 6.45) is 5.46. The van der Waals surface area contributed by atoms with Crippen LogP contribution in [-0.2, 0) is 19.4 Å². The van der Waals surface area contributed by atoms with Gasteiger partial charge in [0.2, 0.25) is 0 Å². The summed E-state index contributed by atoms with van der Waals surface area (Å²) >= 11 is 12.7. The molecular formula is C13H20Cl2N2. The molecule has 2 rings (SSSR count). The van der Waals surface area contributed by atoms with E-state index in [2.05, 4.69) is 18.9 Å². The summed E-state index contributed by atoms with van der Waals surface area (Å²) in [7, 11) is 0. The lowest BCUT2D eigenvalue weighted by Gasteiger charge is -2.09. The van der Waals surface area contributed by atoms with Crippen LogP contribution in [0.3, 0.4) is 0 Å². The van der Waals surface area contributed by atoms with Crippen LogP contribution >= 0.6 is 23.2 Å². The van der Waals surface area contributed by atoms with Gasteiger partial charge in [-0.25, -0.2) is 0 Å². The average Bonchev–Trinajstić information content (AvgIpc) is 3.12. The average molecular weight is 275 g/mol. The van der Waals surface area contributed by atoms with Gasteiger partial charge in [0.05, 0.1) is 16.4 Å². The number of nitrogens with zero attached hydrogens (tertiary/aromatic N) is 2. The van der Waals surface area contributed by atoms with E-state index in [9.17, 15) is 0 Å². The van der Waals surface area contributed by atoms with Crippen molar-refractivity contribution in [3.8, 4) is 0 Å². The van der Waals surface area contributed by atoms with E-state index in [1.54, 1.807) is 0 Å². The van der Waals surface area contributed by atoms with E-state index in [0.29, 0.717) is 5.38 Å². The Balaban J connectivity index is 2.04. The maximum atomic E-state index is 6.36. The molecule has 1 unspecified atom stereocenters. The van der Waals surface area contributed by atoms with Crippen LogP contribution in [0.4, 0.5) is 0 Å². The van der Waals surface area contributed by atoms with Crippen LogP contribution in [0.2, 0.25) is 5.02 Å². The lowest BCUT2D eigenvalue weighted by atomic mass is 10.1. The molecule has 0 amide bonds. The first-order valence-corrected chi connectivity index (χ1v) is 7.36. The van der Waals surface area contributed by atoms with E-state index in [4.69, 9.17) is 23.2 Å². The van der Waals surface area contributed by atoms with Crippen molar-refractivity contribution >= 4 is 23.2 Å². The van der Waals surface area contributed by atoms with Crippen molar-refractivity contribution in [2.75, 3.05) is 0 Å². The summed E-state index contributed by atoms with van der Waals surface area (Å²) in [6, 6.07) is 0. The number of aromatic nitrogens is 2. The molecule has 4 heteroatoms. The Hall–Kier alpha value is -0.210. The molecule has 1 aliphatic rings. The summed E-state index contributed by atoms with van der Waals surface area (Å²) in [6.45, 7) is 5.07. The first kappa shape index (κ1) is 13.2. The SMILES string of the molecule is CCc1nn(CC)c(CCC(Cl)C2CC2)c1Cl. The molecule has 17 heavy (non-hydrogen) atoms. The van der Waals surface area contributed by atoms with Crippen LogP contribution in [-0.4, -0.2) is 15.2 Å². The summed E-state index contributed by atoms with van der Waals surface area (Å²) < 4.78 is 2.03. The zero-order valence-electron chi connectivity index (χ0n) is 10.5. The summed E-state index contributed by atoms with van der Waals surface area (Å²) in [5.41, 5.74) is 2.18. The minimum absolute atomic E-state index is 0.316. The van der Waals surface area contributed by atoms with Gasteiger partial charge in [0, 0.05) is 11.9 Å². The Morgan fingerprint density at radius 3 is 2.65 bits per heavy atom. The summed E-state index contributed by atoms with van der Waals surface area (Å²) in [5.74, 6) is 0.749. The first-order chi connectivity index (χ1) is 8.17. The highest BCUT2D eigenvalue weighted by atomic mass is 35.5. The van der Waals surface area contributed by atoms with Gasteiger partial charge < -0.3 is 0 Å². The van der Waals surface area contributed by atoms with Crippen LogP contribution in [0.15, 0.2) is 0 Å². The van der Waals surface area contributed by atoms with Gasteiger partial charge in [-0.2, -0.15) is 5.10 Å².